The molecule has 1 fully saturated rings. The van der Waals surface area contributed by atoms with Crippen molar-refractivity contribution in [3.63, 3.8) is 0 Å². The predicted octanol–water partition coefficient (Wildman–Crippen LogP) is 5.50. The lowest BCUT2D eigenvalue weighted by Gasteiger charge is -2.26. The van der Waals surface area contributed by atoms with E-state index in [9.17, 15) is 4.39 Å². The van der Waals surface area contributed by atoms with E-state index >= 15 is 4.39 Å². The molecule has 0 atom stereocenters. The van der Waals surface area contributed by atoms with Gasteiger partial charge in [-0.25, -0.2) is 13.8 Å². The molecular formula is C31H31F2N5O4S. The van der Waals surface area contributed by atoms with Gasteiger partial charge in [0.1, 0.15) is 11.6 Å². The fourth-order valence-corrected chi connectivity index (χ4v) is 4.68. The normalized spacial score (nSPS) is 13.7. The van der Waals surface area contributed by atoms with E-state index in [0.29, 0.717) is 40.3 Å². The zero-order valence-electron chi connectivity index (χ0n) is 23.5. The molecule has 2 N–H and O–H groups in total. The van der Waals surface area contributed by atoms with Crippen molar-refractivity contribution < 1.29 is 27.7 Å². The molecule has 9 nitrogen and oxygen atoms in total. The van der Waals surface area contributed by atoms with E-state index in [2.05, 4.69) is 15.0 Å². The van der Waals surface area contributed by atoms with Crippen LogP contribution in [0.4, 0.5) is 14.5 Å². The quantitative estimate of drug-likeness (QED) is 0.103. The molecule has 1 aliphatic rings. The van der Waals surface area contributed by atoms with Gasteiger partial charge in [-0.15, -0.1) is 0 Å². The predicted molar refractivity (Wildman–Crippen MR) is 165 cm³/mol. The molecule has 0 aliphatic carbocycles. The van der Waals surface area contributed by atoms with Crippen molar-refractivity contribution in [2.45, 2.75) is 6.42 Å². The highest BCUT2D eigenvalue weighted by Gasteiger charge is 2.16. The Kier molecular flexibility index (Phi) is 9.92. The van der Waals surface area contributed by atoms with Crippen LogP contribution in [-0.4, -0.2) is 67.8 Å². The van der Waals surface area contributed by atoms with Gasteiger partial charge < -0.3 is 24.7 Å². The van der Waals surface area contributed by atoms with E-state index in [1.807, 2.05) is 0 Å². The smallest absolute Gasteiger partial charge is 0.191 e. The van der Waals surface area contributed by atoms with Gasteiger partial charge in [0, 0.05) is 43.4 Å². The number of halogens is 2. The van der Waals surface area contributed by atoms with Crippen LogP contribution in [-0.2, 0) is 4.74 Å². The largest absolute Gasteiger partial charge is 0.493 e. The number of pyridine rings is 1. The Morgan fingerprint density at radius 3 is 2.56 bits per heavy atom. The van der Waals surface area contributed by atoms with Crippen molar-refractivity contribution in [3.05, 3.63) is 84.1 Å². The highest BCUT2D eigenvalue weighted by Crippen LogP contribution is 2.38. The number of rotatable bonds is 11. The van der Waals surface area contributed by atoms with Crippen LogP contribution in [0.15, 0.2) is 72.0 Å². The number of aromatic nitrogens is 1. The molecule has 43 heavy (non-hydrogen) atoms. The summed E-state index contributed by atoms with van der Waals surface area (Å²) in [6.07, 6.45) is 3.88. The molecule has 1 aromatic heterocycles. The molecule has 0 unspecified atom stereocenters. The number of hydrogen-bond donors (Lipinski definition) is 1. The second-order valence-electron chi connectivity index (χ2n) is 9.65. The lowest BCUT2D eigenvalue weighted by atomic mass is 10.1. The van der Waals surface area contributed by atoms with Crippen molar-refractivity contribution in [1.82, 2.24) is 9.88 Å². The van der Waals surface area contributed by atoms with Crippen molar-refractivity contribution >= 4 is 40.1 Å². The summed E-state index contributed by atoms with van der Waals surface area (Å²) in [6.45, 7) is 4.83. The molecule has 2 heterocycles. The summed E-state index contributed by atoms with van der Waals surface area (Å²) >= 11 is 5.11. The number of nitrogens with two attached hydrogens (primary N) is 1. The third-order valence-electron chi connectivity index (χ3n) is 6.75. The summed E-state index contributed by atoms with van der Waals surface area (Å²) in [7, 11) is 1.56. The third kappa shape index (κ3) is 7.72. The maximum Gasteiger partial charge on any atom is 0.191 e. The summed E-state index contributed by atoms with van der Waals surface area (Å²) in [4.78, 5) is 6.80. The maximum atomic E-state index is 15.3. The number of fused-ring (bicyclic) bond motifs is 1. The Labute approximate surface area is 253 Å². The van der Waals surface area contributed by atoms with Gasteiger partial charge >= 0.3 is 0 Å². The van der Waals surface area contributed by atoms with Crippen molar-refractivity contribution in [2.75, 3.05) is 51.6 Å². The van der Waals surface area contributed by atoms with Gasteiger partial charge in [-0.3, -0.25) is 9.88 Å². The van der Waals surface area contributed by atoms with Gasteiger partial charge in [0.2, 0.25) is 0 Å². The molecule has 1 aliphatic heterocycles. The van der Waals surface area contributed by atoms with Gasteiger partial charge in [0.05, 0.1) is 44.3 Å². The summed E-state index contributed by atoms with van der Waals surface area (Å²) in [5, 5.41) is 5.96. The monoisotopic (exact) mass is 607 g/mol. The zero-order chi connectivity index (χ0) is 30.2. The molecule has 3 aromatic carbocycles. The lowest BCUT2D eigenvalue weighted by molar-refractivity contribution is 0.0357. The number of thiocarbonyl (C=S) groups is 1. The molecule has 0 saturated carbocycles. The van der Waals surface area contributed by atoms with Crippen molar-refractivity contribution in [3.8, 4) is 23.0 Å². The van der Waals surface area contributed by atoms with Crippen molar-refractivity contribution in [2.24, 2.45) is 10.8 Å². The maximum absolute atomic E-state index is 15.3. The molecule has 0 spiro atoms. The van der Waals surface area contributed by atoms with E-state index in [4.69, 9.17) is 36.9 Å². The van der Waals surface area contributed by atoms with Crippen LogP contribution in [0.5, 0.6) is 23.0 Å². The fraction of sp³-hybridized carbons (Fsp3) is 0.258. The summed E-state index contributed by atoms with van der Waals surface area (Å²) in [5.41, 5.74) is 7.34. The SMILES string of the molecule is COc1cc2c(Oc3ccc(N(/N=C/c4ccc(F)cc4)C(N)=S)cc3F)ccnc2cc1OCCCN1CCOCC1. The summed E-state index contributed by atoms with van der Waals surface area (Å²) < 4.78 is 51.5. The van der Waals surface area contributed by atoms with Crippen LogP contribution in [0.25, 0.3) is 10.9 Å². The Balaban J connectivity index is 1.30. The molecule has 224 valence electrons. The number of hydrazone groups is 1. The first kappa shape index (κ1) is 30.1. The minimum absolute atomic E-state index is 0.0240. The average Bonchev–Trinajstić information content (AvgIpc) is 3.01. The van der Waals surface area contributed by atoms with Gasteiger partial charge in [0.25, 0.3) is 0 Å². The Hall–Kier alpha value is -4.39. The molecular weight excluding hydrogens is 576 g/mol. The van der Waals surface area contributed by atoms with Gasteiger partial charge in [-0.1, -0.05) is 12.1 Å². The molecule has 0 bridgehead atoms. The van der Waals surface area contributed by atoms with E-state index in [1.54, 1.807) is 49.7 Å². The highest BCUT2D eigenvalue weighted by atomic mass is 32.1. The number of ether oxygens (including phenoxy) is 4. The average molecular weight is 608 g/mol. The topological polar surface area (TPSA) is 94.7 Å². The van der Waals surface area contributed by atoms with Crippen LogP contribution in [0, 0.1) is 11.6 Å². The molecule has 12 heteroatoms. The van der Waals surface area contributed by atoms with Crippen LogP contribution in [0.3, 0.4) is 0 Å². The lowest BCUT2D eigenvalue weighted by Crippen LogP contribution is -2.37. The number of anilines is 1. The number of nitrogens with zero attached hydrogens (tertiary/aromatic N) is 4. The number of morpholine rings is 1. The zero-order valence-corrected chi connectivity index (χ0v) is 24.4. The first-order valence-electron chi connectivity index (χ1n) is 13.7. The first-order chi connectivity index (χ1) is 20.9. The van der Waals surface area contributed by atoms with Crippen LogP contribution in [0.2, 0.25) is 0 Å². The molecule has 0 amide bonds. The fourth-order valence-electron chi connectivity index (χ4n) is 4.53. The second kappa shape index (κ2) is 14.2. The van der Waals surface area contributed by atoms with Gasteiger partial charge in [-0.2, -0.15) is 5.10 Å². The molecule has 1 saturated heterocycles. The van der Waals surface area contributed by atoms with E-state index in [-0.39, 0.29) is 22.4 Å². The molecule has 4 aromatic rings. The number of benzene rings is 3. The number of hydrogen-bond acceptors (Lipinski definition) is 8. The van der Waals surface area contributed by atoms with Gasteiger partial charge in [-0.05, 0) is 60.6 Å². The van der Waals surface area contributed by atoms with E-state index < -0.39 is 5.82 Å². The first-order valence-corrected chi connectivity index (χ1v) is 14.1. The summed E-state index contributed by atoms with van der Waals surface area (Å²) in [6, 6.07) is 15.1. The summed E-state index contributed by atoms with van der Waals surface area (Å²) in [5.74, 6) is 0.409. The molecule has 0 radical (unpaired) electrons. The number of methoxy groups -OCH3 is 1. The Morgan fingerprint density at radius 2 is 1.84 bits per heavy atom. The second-order valence-corrected chi connectivity index (χ2v) is 10.1. The highest BCUT2D eigenvalue weighted by molar-refractivity contribution is 7.80. The Bertz CT molecular complexity index is 1600. The van der Waals surface area contributed by atoms with E-state index in [0.717, 1.165) is 39.3 Å². The molecule has 5 rings (SSSR count). The van der Waals surface area contributed by atoms with Crippen LogP contribution >= 0.6 is 12.2 Å². The van der Waals surface area contributed by atoms with Gasteiger partial charge in [0.15, 0.2) is 28.2 Å². The minimum atomic E-state index is -0.659. The van der Waals surface area contributed by atoms with E-state index in [1.165, 1.54) is 35.5 Å². The van der Waals surface area contributed by atoms with Crippen LogP contribution in [0.1, 0.15) is 12.0 Å². The standard InChI is InChI=1S/C31H31F2N5O4S/c1-39-29-18-24-26(19-30(29)41-14-2-11-37-12-15-40-16-13-37)35-10-9-27(24)42-28-8-7-23(17-25(28)33)38(31(34)43)36-20-21-3-5-22(32)6-4-21/h3-10,17-20H,2,11-16H2,1H3,(H2,34,43)/b36-20+. The minimum Gasteiger partial charge on any atom is -0.493 e. The Morgan fingerprint density at radius 1 is 1.05 bits per heavy atom. The van der Waals surface area contributed by atoms with Crippen LogP contribution < -0.4 is 25.0 Å². The third-order valence-corrected chi connectivity index (χ3v) is 6.92. The van der Waals surface area contributed by atoms with Crippen molar-refractivity contribution in [1.29, 1.82) is 0 Å².